The van der Waals surface area contributed by atoms with Gasteiger partial charge in [-0.3, -0.25) is 10.1 Å². The van der Waals surface area contributed by atoms with Crippen molar-refractivity contribution < 1.29 is 4.92 Å². The van der Waals surface area contributed by atoms with E-state index in [4.69, 9.17) is 0 Å². The molecule has 0 atom stereocenters. The zero-order chi connectivity index (χ0) is 14.1. The number of hydrogen-bond donors (Lipinski definition) is 0. The van der Waals surface area contributed by atoms with E-state index in [1.165, 1.54) is 17.7 Å². The van der Waals surface area contributed by atoms with Crippen molar-refractivity contribution in [3.63, 3.8) is 0 Å². The van der Waals surface area contributed by atoms with Crippen molar-refractivity contribution >= 4 is 16.7 Å². The topological polar surface area (TPSA) is 61.0 Å². The van der Waals surface area contributed by atoms with Crippen LogP contribution in [0, 0.1) is 10.1 Å². The van der Waals surface area contributed by atoms with Crippen molar-refractivity contribution in [1.29, 1.82) is 0 Å². The first kappa shape index (κ1) is 12.3. The minimum Gasteiger partial charge on any atom is -0.331 e. The average molecular weight is 267 g/mol. The predicted octanol–water partition coefficient (Wildman–Crippen LogP) is 3.07. The van der Waals surface area contributed by atoms with E-state index in [-0.39, 0.29) is 5.69 Å². The highest BCUT2D eigenvalue weighted by atomic mass is 16.6. The minimum absolute atomic E-state index is 0.0712. The van der Waals surface area contributed by atoms with E-state index < -0.39 is 4.92 Å². The van der Waals surface area contributed by atoms with Crippen molar-refractivity contribution in [3.8, 4) is 0 Å². The molecule has 0 radical (unpaired) electrons. The molecule has 1 aromatic heterocycles. The lowest BCUT2D eigenvalue weighted by Crippen LogP contribution is -1.98. The Kier molecular flexibility index (Phi) is 2.95. The van der Waals surface area contributed by atoms with Gasteiger partial charge in [-0.25, -0.2) is 4.98 Å². The van der Waals surface area contributed by atoms with Crippen LogP contribution in [0.1, 0.15) is 11.4 Å². The molecule has 0 aliphatic rings. The summed E-state index contributed by atoms with van der Waals surface area (Å²) in [6.07, 6.45) is 0.708. The molecule has 0 fully saturated rings. The normalized spacial score (nSPS) is 10.8. The molecule has 0 aliphatic heterocycles. The van der Waals surface area contributed by atoms with Crippen molar-refractivity contribution in [1.82, 2.24) is 9.55 Å². The number of nitrogens with zero attached hydrogens (tertiary/aromatic N) is 3. The molecule has 5 nitrogen and oxygen atoms in total. The molecule has 20 heavy (non-hydrogen) atoms. The Morgan fingerprint density at radius 2 is 1.95 bits per heavy atom. The van der Waals surface area contributed by atoms with Crippen LogP contribution in [0.25, 0.3) is 11.0 Å². The first-order valence-electron chi connectivity index (χ1n) is 6.29. The molecule has 0 aliphatic carbocycles. The molecule has 3 aromatic rings. The quantitative estimate of drug-likeness (QED) is 0.541. The molecular formula is C15H13N3O2. The van der Waals surface area contributed by atoms with Gasteiger partial charge in [0.25, 0.3) is 5.69 Å². The van der Waals surface area contributed by atoms with Crippen molar-refractivity contribution in [2.75, 3.05) is 0 Å². The van der Waals surface area contributed by atoms with E-state index in [1.54, 1.807) is 6.07 Å². The van der Waals surface area contributed by atoms with Crippen LogP contribution in [0.3, 0.4) is 0 Å². The molecule has 0 saturated carbocycles. The Morgan fingerprint density at radius 1 is 1.20 bits per heavy atom. The zero-order valence-corrected chi connectivity index (χ0v) is 11.0. The van der Waals surface area contributed by atoms with Gasteiger partial charge >= 0.3 is 0 Å². The maximum atomic E-state index is 10.8. The minimum atomic E-state index is -0.398. The molecule has 0 saturated heterocycles. The number of rotatable bonds is 3. The second-order valence-electron chi connectivity index (χ2n) is 4.68. The zero-order valence-electron chi connectivity index (χ0n) is 11.0. The second-order valence-corrected chi connectivity index (χ2v) is 4.68. The van der Waals surface area contributed by atoms with Gasteiger partial charge in [0.1, 0.15) is 5.82 Å². The summed E-state index contributed by atoms with van der Waals surface area (Å²) >= 11 is 0. The Bertz CT molecular complexity index is 778. The monoisotopic (exact) mass is 267 g/mol. The maximum Gasteiger partial charge on any atom is 0.271 e. The molecule has 5 heteroatoms. The van der Waals surface area contributed by atoms with Gasteiger partial charge in [-0.2, -0.15) is 0 Å². The van der Waals surface area contributed by atoms with Crippen LogP contribution >= 0.6 is 0 Å². The first-order chi connectivity index (χ1) is 9.65. The number of imidazole rings is 1. The molecule has 0 spiro atoms. The van der Waals surface area contributed by atoms with Crippen LogP contribution < -0.4 is 0 Å². The number of aromatic nitrogens is 2. The summed E-state index contributed by atoms with van der Waals surface area (Å²) in [5.74, 6) is 0.895. The number of aryl methyl sites for hydroxylation is 1. The smallest absolute Gasteiger partial charge is 0.271 e. The van der Waals surface area contributed by atoms with Gasteiger partial charge in [0.15, 0.2) is 0 Å². The summed E-state index contributed by atoms with van der Waals surface area (Å²) in [4.78, 5) is 14.9. The fourth-order valence-electron chi connectivity index (χ4n) is 2.29. The third kappa shape index (κ3) is 2.14. The largest absolute Gasteiger partial charge is 0.331 e. The van der Waals surface area contributed by atoms with E-state index in [9.17, 15) is 10.1 Å². The van der Waals surface area contributed by atoms with Gasteiger partial charge in [0.05, 0.1) is 16.0 Å². The average Bonchev–Trinajstić information content (AvgIpc) is 2.76. The number of nitro benzene ring substituents is 1. The second kappa shape index (κ2) is 4.77. The maximum absolute atomic E-state index is 10.8. The van der Waals surface area contributed by atoms with Gasteiger partial charge in [-0.1, -0.05) is 30.3 Å². The summed E-state index contributed by atoms with van der Waals surface area (Å²) in [7, 11) is 1.93. The molecule has 2 aromatic carbocycles. The third-order valence-electron chi connectivity index (χ3n) is 3.37. The lowest BCUT2D eigenvalue weighted by atomic mass is 10.1. The number of hydrogen-bond acceptors (Lipinski definition) is 3. The van der Waals surface area contributed by atoms with Crippen LogP contribution in [0.2, 0.25) is 0 Å². The molecule has 0 unspecified atom stereocenters. The third-order valence-corrected chi connectivity index (χ3v) is 3.37. The molecule has 0 N–H and O–H groups in total. The first-order valence-corrected chi connectivity index (χ1v) is 6.29. The van der Waals surface area contributed by atoms with Gasteiger partial charge in [-0.15, -0.1) is 0 Å². The molecule has 0 bridgehead atoms. The number of benzene rings is 2. The Morgan fingerprint density at radius 3 is 2.65 bits per heavy atom. The van der Waals surface area contributed by atoms with Crippen LogP contribution in [0.4, 0.5) is 5.69 Å². The fraction of sp³-hybridized carbons (Fsp3) is 0.133. The Hall–Kier alpha value is -2.69. The summed E-state index contributed by atoms with van der Waals surface area (Å²) in [5, 5.41) is 10.8. The lowest BCUT2D eigenvalue weighted by molar-refractivity contribution is -0.384. The van der Waals surface area contributed by atoms with E-state index in [0.29, 0.717) is 11.9 Å². The lowest BCUT2D eigenvalue weighted by Gasteiger charge is -2.02. The van der Waals surface area contributed by atoms with Gasteiger partial charge in [0.2, 0.25) is 0 Å². The Labute approximate surface area is 115 Å². The van der Waals surface area contributed by atoms with E-state index in [0.717, 1.165) is 11.3 Å². The van der Waals surface area contributed by atoms with Gasteiger partial charge < -0.3 is 4.57 Å². The summed E-state index contributed by atoms with van der Waals surface area (Å²) in [5.41, 5.74) is 2.80. The van der Waals surface area contributed by atoms with Gasteiger partial charge in [0, 0.05) is 25.6 Å². The summed E-state index contributed by atoms with van der Waals surface area (Å²) in [6, 6.07) is 14.8. The SMILES string of the molecule is Cn1c(Cc2ccccc2)nc2cc([N+](=O)[O-])ccc21. The van der Waals surface area contributed by atoms with Crippen LogP contribution in [0.5, 0.6) is 0 Å². The number of non-ortho nitro benzene ring substituents is 1. The molecule has 3 rings (SSSR count). The standard InChI is InChI=1S/C15H13N3O2/c1-17-14-8-7-12(18(19)20)10-13(14)16-15(17)9-11-5-3-2-4-6-11/h2-8,10H,9H2,1H3. The molecule has 0 amide bonds. The molecule has 100 valence electrons. The van der Waals surface area contributed by atoms with Crippen LogP contribution in [0.15, 0.2) is 48.5 Å². The number of fused-ring (bicyclic) bond motifs is 1. The van der Waals surface area contributed by atoms with Crippen molar-refractivity contribution in [3.05, 3.63) is 70.0 Å². The number of nitro groups is 1. The summed E-state index contributed by atoms with van der Waals surface area (Å²) in [6.45, 7) is 0. The van der Waals surface area contributed by atoms with Crippen LogP contribution in [-0.2, 0) is 13.5 Å². The van der Waals surface area contributed by atoms with E-state index in [1.807, 2.05) is 41.9 Å². The fourth-order valence-corrected chi connectivity index (χ4v) is 2.29. The predicted molar refractivity (Wildman–Crippen MR) is 76.6 cm³/mol. The Balaban J connectivity index is 2.04. The highest BCUT2D eigenvalue weighted by molar-refractivity contribution is 5.78. The highest BCUT2D eigenvalue weighted by Gasteiger charge is 2.12. The molecule has 1 heterocycles. The van der Waals surface area contributed by atoms with Crippen molar-refractivity contribution in [2.45, 2.75) is 6.42 Å². The van der Waals surface area contributed by atoms with Crippen molar-refractivity contribution in [2.24, 2.45) is 7.05 Å². The van der Waals surface area contributed by atoms with E-state index >= 15 is 0 Å². The highest BCUT2D eigenvalue weighted by Crippen LogP contribution is 2.22. The molecular weight excluding hydrogens is 254 g/mol. The van der Waals surface area contributed by atoms with E-state index in [2.05, 4.69) is 4.98 Å². The van der Waals surface area contributed by atoms with Crippen LogP contribution in [-0.4, -0.2) is 14.5 Å². The van der Waals surface area contributed by atoms with Gasteiger partial charge in [-0.05, 0) is 11.6 Å². The summed E-state index contributed by atoms with van der Waals surface area (Å²) < 4.78 is 1.98.